The Bertz CT molecular complexity index is 1190. The largest absolute Gasteiger partial charge is 0.465 e. The molecule has 2 aliphatic rings. The molecule has 7 heteroatoms. The zero-order valence-corrected chi connectivity index (χ0v) is 16.2. The van der Waals surface area contributed by atoms with E-state index < -0.39 is 5.97 Å². The van der Waals surface area contributed by atoms with Gasteiger partial charge in [0.15, 0.2) is 11.5 Å². The van der Waals surface area contributed by atoms with Crippen LogP contribution in [0, 0.1) is 5.82 Å². The SMILES string of the molecule is CCOC(=O)CN1Cc2c(cc3cc4c(cc3c2-c2ccc(F)cc2)OCO4)C1=O. The molecule has 0 fully saturated rings. The molecule has 2 heterocycles. The first-order valence-electron chi connectivity index (χ1n) is 9.65. The lowest BCUT2D eigenvalue weighted by Gasteiger charge is -2.15. The topological polar surface area (TPSA) is 65.1 Å². The summed E-state index contributed by atoms with van der Waals surface area (Å²) in [5.41, 5.74) is 2.91. The van der Waals surface area contributed by atoms with Crippen molar-refractivity contribution < 1.29 is 28.2 Å². The number of nitrogens with zero attached hydrogens (tertiary/aromatic N) is 1. The fourth-order valence-corrected chi connectivity index (χ4v) is 4.06. The number of amides is 1. The van der Waals surface area contributed by atoms with Crippen LogP contribution in [0.4, 0.5) is 4.39 Å². The highest BCUT2D eigenvalue weighted by atomic mass is 19.1. The van der Waals surface area contributed by atoms with Crippen LogP contribution in [0.25, 0.3) is 21.9 Å². The molecule has 30 heavy (non-hydrogen) atoms. The summed E-state index contributed by atoms with van der Waals surface area (Å²) in [6.07, 6.45) is 0. The monoisotopic (exact) mass is 407 g/mol. The lowest BCUT2D eigenvalue weighted by molar-refractivity contribution is -0.143. The highest BCUT2D eigenvalue weighted by molar-refractivity contribution is 6.10. The van der Waals surface area contributed by atoms with Crippen molar-refractivity contribution in [3.8, 4) is 22.6 Å². The van der Waals surface area contributed by atoms with Gasteiger partial charge < -0.3 is 19.1 Å². The fourth-order valence-electron chi connectivity index (χ4n) is 4.06. The predicted molar refractivity (Wildman–Crippen MR) is 107 cm³/mol. The van der Waals surface area contributed by atoms with Gasteiger partial charge in [0, 0.05) is 12.1 Å². The fraction of sp³-hybridized carbons (Fsp3) is 0.217. The van der Waals surface area contributed by atoms with Gasteiger partial charge in [-0.05, 0) is 64.7 Å². The Morgan fingerprint density at radius 3 is 2.60 bits per heavy atom. The number of carbonyl (C=O) groups is 2. The van der Waals surface area contributed by atoms with E-state index in [1.165, 1.54) is 17.0 Å². The summed E-state index contributed by atoms with van der Waals surface area (Å²) in [5, 5.41) is 1.68. The van der Waals surface area contributed by atoms with E-state index in [1.807, 2.05) is 18.2 Å². The van der Waals surface area contributed by atoms with Crippen LogP contribution in [0.2, 0.25) is 0 Å². The van der Waals surface area contributed by atoms with E-state index in [4.69, 9.17) is 14.2 Å². The number of hydrogen-bond donors (Lipinski definition) is 0. The summed E-state index contributed by atoms with van der Waals surface area (Å²) in [5.74, 6) is 0.210. The second-order valence-electron chi connectivity index (χ2n) is 7.18. The molecule has 3 aromatic carbocycles. The molecule has 0 atom stereocenters. The molecule has 0 radical (unpaired) electrons. The van der Waals surface area contributed by atoms with Crippen LogP contribution in [0.3, 0.4) is 0 Å². The van der Waals surface area contributed by atoms with Crippen LogP contribution in [0.1, 0.15) is 22.8 Å². The second-order valence-corrected chi connectivity index (χ2v) is 7.18. The van der Waals surface area contributed by atoms with Crippen molar-refractivity contribution in [2.45, 2.75) is 13.5 Å². The first-order chi connectivity index (χ1) is 14.5. The lowest BCUT2D eigenvalue weighted by atomic mass is 9.90. The van der Waals surface area contributed by atoms with Crippen LogP contribution >= 0.6 is 0 Å². The van der Waals surface area contributed by atoms with Crippen LogP contribution in [-0.2, 0) is 16.1 Å². The van der Waals surface area contributed by atoms with Crippen molar-refractivity contribution in [3.63, 3.8) is 0 Å². The number of rotatable bonds is 4. The maximum atomic E-state index is 13.6. The zero-order valence-electron chi connectivity index (χ0n) is 16.2. The predicted octanol–water partition coefficient (Wildman–Crippen LogP) is 3.89. The van der Waals surface area contributed by atoms with Gasteiger partial charge in [0.25, 0.3) is 5.91 Å². The molecule has 5 rings (SSSR count). The Balaban J connectivity index is 1.69. The van der Waals surface area contributed by atoms with Gasteiger partial charge in [0.2, 0.25) is 6.79 Å². The molecule has 0 aromatic heterocycles. The minimum absolute atomic E-state index is 0.122. The number of carbonyl (C=O) groups excluding carboxylic acids is 2. The maximum Gasteiger partial charge on any atom is 0.325 e. The van der Waals surface area contributed by atoms with Crippen LogP contribution in [-0.4, -0.2) is 36.7 Å². The van der Waals surface area contributed by atoms with E-state index in [0.29, 0.717) is 17.1 Å². The molecular formula is C23H18FNO5. The van der Waals surface area contributed by atoms with E-state index in [0.717, 1.165) is 27.5 Å². The van der Waals surface area contributed by atoms with Gasteiger partial charge >= 0.3 is 5.97 Å². The summed E-state index contributed by atoms with van der Waals surface area (Å²) in [6, 6.07) is 11.7. The molecule has 3 aromatic rings. The number of esters is 1. The molecule has 0 spiro atoms. The number of benzene rings is 3. The van der Waals surface area contributed by atoms with Crippen LogP contribution in [0.15, 0.2) is 42.5 Å². The Morgan fingerprint density at radius 2 is 1.87 bits per heavy atom. The van der Waals surface area contributed by atoms with Gasteiger partial charge in [-0.1, -0.05) is 12.1 Å². The molecule has 152 valence electrons. The molecule has 0 saturated heterocycles. The van der Waals surface area contributed by atoms with Crippen molar-refractivity contribution in [1.82, 2.24) is 4.90 Å². The molecule has 0 aliphatic carbocycles. The molecule has 0 saturated carbocycles. The highest BCUT2D eigenvalue weighted by Crippen LogP contribution is 2.44. The summed E-state index contributed by atoms with van der Waals surface area (Å²) >= 11 is 0. The first-order valence-corrected chi connectivity index (χ1v) is 9.65. The minimum Gasteiger partial charge on any atom is -0.465 e. The van der Waals surface area contributed by atoms with Crippen molar-refractivity contribution in [3.05, 3.63) is 59.4 Å². The van der Waals surface area contributed by atoms with Crippen molar-refractivity contribution in [2.75, 3.05) is 19.9 Å². The molecule has 6 nitrogen and oxygen atoms in total. The molecule has 2 aliphatic heterocycles. The summed E-state index contributed by atoms with van der Waals surface area (Å²) in [7, 11) is 0. The number of fused-ring (bicyclic) bond motifs is 3. The van der Waals surface area contributed by atoms with Crippen LogP contribution in [0.5, 0.6) is 11.5 Å². The quantitative estimate of drug-likeness (QED) is 0.614. The van der Waals surface area contributed by atoms with Gasteiger partial charge in [0.05, 0.1) is 6.61 Å². The van der Waals surface area contributed by atoms with Gasteiger partial charge in [0.1, 0.15) is 12.4 Å². The Labute approximate surface area is 171 Å². The summed E-state index contributed by atoms with van der Waals surface area (Å²) < 4.78 is 29.6. The number of ether oxygens (including phenoxy) is 3. The van der Waals surface area contributed by atoms with E-state index in [9.17, 15) is 14.0 Å². The van der Waals surface area contributed by atoms with Gasteiger partial charge in [-0.25, -0.2) is 4.39 Å². The first kappa shape index (κ1) is 18.4. The van der Waals surface area contributed by atoms with Gasteiger partial charge in [-0.2, -0.15) is 0 Å². The standard InChI is InChI=1S/C23H18FNO5/c1-2-28-21(26)11-25-10-18-17(23(25)27)7-14-8-19-20(30-12-29-19)9-16(14)22(18)13-3-5-15(24)6-4-13/h3-9H,2,10-12H2,1H3. The van der Waals surface area contributed by atoms with E-state index in [-0.39, 0.29) is 38.2 Å². The van der Waals surface area contributed by atoms with Crippen molar-refractivity contribution in [2.24, 2.45) is 0 Å². The molecule has 0 unspecified atom stereocenters. The van der Waals surface area contributed by atoms with Crippen molar-refractivity contribution in [1.29, 1.82) is 0 Å². The Hall–Kier alpha value is -3.61. The summed E-state index contributed by atoms with van der Waals surface area (Å²) in [4.78, 5) is 26.5. The lowest BCUT2D eigenvalue weighted by Crippen LogP contribution is -2.31. The van der Waals surface area contributed by atoms with E-state index in [1.54, 1.807) is 19.1 Å². The Morgan fingerprint density at radius 1 is 1.13 bits per heavy atom. The van der Waals surface area contributed by atoms with Crippen LogP contribution < -0.4 is 9.47 Å². The number of halogens is 1. The maximum absolute atomic E-state index is 13.6. The molecule has 0 N–H and O–H groups in total. The average molecular weight is 407 g/mol. The number of hydrogen-bond acceptors (Lipinski definition) is 5. The summed E-state index contributed by atoms with van der Waals surface area (Å²) in [6.45, 7) is 2.27. The second kappa shape index (κ2) is 7.02. The third-order valence-electron chi connectivity index (χ3n) is 5.37. The molecule has 1 amide bonds. The normalized spacial score (nSPS) is 14.3. The average Bonchev–Trinajstić information content (AvgIpc) is 3.30. The van der Waals surface area contributed by atoms with Gasteiger partial charge in [-0.15, -0.1) is 0 Å². The third-order valence-corrected chi connectivity index (χ3v) is 5.37. The van der Waals surface area contributed by atoms with Gasteiger partial charge in [-0.3, -0.25) is 9.59 Å². The van der Waals surface area contributed by atoms with E-state index >= 15 is 0 Å². The molecular weight excluding hydrogens is 389 g/mol. The Kier molecular flexibility index (Phi) is 4.31. The third kappa shape index (κ3) is 2.94. The smallest absolute Gasteiger partial charge is 0.325 e. The van der Waals surface area contributed by atoms with E-state index in [2.05, 4.69) is 0 Å². The minimum atomic E-state index is -0.452. The highest BCUT2D eigenvalue weighted by Gasteiger charge is 2.33. The van der Waals surface area contributed by atoms with Crippen molar-refractivity contribution >= 4 is 22.6 Å². The zero-order chi connectivity index (χ0) is 20.8. The molecule has 0 bridgehead atoms.